The lowest BCUT2D eigenvalue weighted by Crippen LogP contribution is -2.36. The minimum absolute atomic E-state index is 0.0563. The van der Waals surface area contributed by atoms with Gasteiger partial charge >= 0.3 is 5.97 Å². The van der Waals surface area contributed by atoms with Crippen LogP contribution in [0, 0.1) is 5.82 Å². The Kier molecular flexibility index (Phi) is 3.62. The van der Waals surface area contributed by atoms with Gasteiger partial charge in [-0.25, -0.2) is 4.39 Å². The number of halogens is 2. The molecular formula is C9H9ClFNO3. The van der Waals surface area contributed by atoms with Crippen molar-refractivity contribution in [3.05, 3.63) is 34.6 Å². The monoisotopic (exact) mass is 233 g/mol. The molecule has 6 heteroatoms. The van der Waals surface area contributed by atoms with E-state index in [9.17, 15) is 14.3 Å². The SMILES string of the molecule is NC(C(=O)O)C(O)c1ccc(F)cc1Cl. The van der Waals surface area contributed by atoms with Gasteiger partial charge in [-0.2, -0.15) is 0 Å². The van der Waals surface area contributed by atoms with Crippen molar-refractivity contribution >= 4 is 17.6 Å². The molecule has 0 aliphatic carbocycles. The van der Waals surface area contributed by atoms with E-state index in [1.807, 2.05) is 0 Å². The average Bonchev–Trinajstić information content (AvgIpc) is 2.15. The molecule has 2 atom stereocenters. The van der Waals surface area contributed by atoms with E-state index < -0.39 is 23.9 Å². The minimum Gasteiger partial charge on any atom is -0.480 e. The van der Waals surface area contributed by atoms with Crippen molar-refractivity contribution in [3.8, 4) is 0 Å². The molecule has 0 spiro atoms. The predicted molar refractivity (Wildman–Crippen MR) is 52.0 cm³/mol. The maximum atomic E-state index is 12.7. The van der Waals surface area contributed by atoms with Crippen LogP contribution in [-0.4, -0.2) is 22.2 Å². The third-order valence-corrected chi connectivity index (χ3v) is 2.23. The van der Waals surface area contributed by atoms with E-state index in [0.29, 0.717) is 0 Å². The Labute approximate surface area is 90.1 Å². The lowest BCUT2D eigenvalue weighted by atomic mass is 10.0. The molecule has 0 aromatic heterocycles. The number of aliphatic hydroxyl groups is 1. The summed E-state index contributed by atoms with van der Waals surface area (Å²) < 4.78 is 12.7. The van der Waals surface area contributed by atoms with Gasteiger partial charge in [0.15, 0.2) is 0 Å². The molecule has 0 fully saturated rings. The van der Waals surface area contributed by atoms with E-state index in [2.05, 4.69) is 0 Å². The summed E-state index contributed by atoms with van der Waals surface area (Å²) in [7, 11) is 0. The summed E-state index contributed by atoms with van der Waals surface area (Å²) >= 11 is 5.62. The second kappa shape index (κ2) is 4.57. The zero-order valence-corrected chi connectivity index (χ0v) is 8.28. The molecule has 0 radical (unpaired) electrons. The average molecular weight is 234 g/mol. The van der Waals surface area contributed by atoms with Crippen LogP contribution < -0.4 is 5.73 Å². The molecule has 0 saturated heterocycles. The van der Waals surface area contributed by atoms with Crippen LogP contribution in [0.1, 0.15) is 11.7 Å². The molecule has 15 heavy (non-hydrogen) atoms. The van der Waals surface area contributed by atoms with E-state index in [1.54, 1.807) is 0 Å². The third-order valence-electron chi connectivity index (χ3n) is 1.91. The molecule has 0 aliphatic rings. The number of carboxylic acid groups (broad SMARTS) is 1. The predicted octanol–water partition coefficient (Wildman–Crippen LogP) is 0.924. The van der Waals surface area contributed by atoms with E-state index in [-0.39, 0.29) is 10.6 Å². The first-order valence-corrected chi connectivity index (χ1v) is 4.42. The molecule has 1 aromatic rings. The van der Waals surface area contributed by atoms with Gasteiger partial charge in [0.2, 0.25) is 0 Å². The summed E-state index contributed by atoms with van der Waals surface area (Å²) in [6, 6.07) is 1.76. The molecule has 0 bridgehead atoms. The van der Waals surface area contributed by atoms with Gasteiger partial charge in [-0.05, 0) is 12.1 Å². The minimum atomic E-state index is -1.49. The number of benzene rings is 1. The molecule has 0 saturated carbocycles. The molecule has 4 nitrogen and oxygen atoms in total. The Morgan fingerprint density at radius 1 is 1.53 bits per heavy atom. The Balaban J connectivity index is 3.01. The van der Waals surface area contributed by atoms with Crippen LogP contribution in [0.5, 0.6) is 0 Å². The van der Waals surface area contributed by atoms with Gasteiger partial charge in [-0.1, -0.05) is 17.7 Å². The number of hydrogen-bond donors (Lipinski definition) is 3. The first-order valence-electron chi connectivity index (χ1n) is 4.05. The highest BCUT2D eigenvalue weighted by atomic mass is 35.5. The van der Waals surface area contributed by atoms with Crippen molar-refractivity contribution in [1.29, 1.82) is 0 Å². The van der Waals surface area contributed by atoms with E-state index in [1.165, 1.54) is 6.07 Å². The number of rotatable bonds is 3. The third kappa shape index (κ3) is 2.65. The van der Waals surface area contributed by atoms with Crippen LogP contribution in [0.2, 0.25) is 5.02 Å². The maximum Gasteiger partial charge on any atom is 0.323 e. The number of carboxylic acids is 1. The Bertz CT molecular complexity index is 386. The van der Waals surface area contributed by atoms with Gasteiger partial charge in [0.25, 0.3) is 0 Å². The van der Waals surface area contributed by atoms with Gasteiger partial charge in [0.05, 0.1) is 0 Å². The van der Waals surface area contributed by atoms with Crippen LogP contribution >= 0.6 is 11.6 Å². The first kappa shape index (κ1) is 11.9. The van der Waals surface area contributed by atoms with Crippen LogP contribution in [-0.2, 0) is 4.79 Å². The largest absolute Gasteiger partial charge is 0.480 e. The topological polar surface area (TPSA) is 83.6 Å². The summed E-state index contributed by atoms with van der Waals surface area (Å²) in [5.41, 5.74) is 5.29. The molecule has 82 valence electrons. The fraction of sp³-hybridized carbons (Fsp3) is 0.222. The van der Waals surface area contributed by atoms with Gasteiger partial charge < -0.3 is 15.9 Å². The van der Waals surface area contributed by atoms with E-state index in [0.717, 1.165) is 12.1 Å². The van der Waals surface area contributed by atoms with Crippen LogP contribution in [0.15, 0.2) is 18.2 Å². The van der Waals surface area contributed by atoms with Crippen molar-refractivity contribution in [2.45, 2.75) is 12.1 Å². The second-order valence-corrected chi connectivity index (χ2v) is 3.38. The van der Waals surface area contributed by atoms with Gasteiger partial charge in [0, 0.05) is 10.6 Å². The molecule has 0 heterocycles. The Morgan fingerprint density at radius 2 is 2.13 bits per heavy atom. The van der Waals surface area contributed by atoms with Crippen molar-refractivity contribution < 1.29 is 19.4 Å². The molecule has 2 unspecified atom stereocenters. The lowest BCUT2D eigenvalue weighted by Gasteiger charge is -2.16. The summed E-state index contributed by atoms with van der Waals surface area (Å²) in [5.74, 6) is -1.93. The number of aliphatic hydroxyl groups excluding tert-OH is 1. The summed E-state index contributed by atoms with van der Waals surface area (Å²) in [4.78, 5) is 10.5. The zero-order chi connectivity index (χ0) is 11.6. The number of nitrogens with two attached hydrogens (primary N) is 1. The summed E-state index contributed by atoms with van der Waals surface area (Å²) in [6.07, 6.45) is -1.46. The number of aliphatic carboxylic acids is 1. The van der Waals surface area contributed by atoms with Crippen molar-refractivity contribution in [3.63, 3.8) is 0 Å². The summed E-state index contributed by atoms with van der Waals surface area (Å²) in [5, 5.41) is 18.0. The quantitative estimate of drug-likeness (QED) is 0.725. The number of hydrogen-bond acceptors (Lipinski definition) is 3. The highest BCUT2D eigenvalue weighted by Crippen LogP contribution is 2.25. The Morgan fingerprint density at radius 3 is 2.60 bits per heavy atom. The molecule has 1 rings (SSSR count). The van der Waals surface area contributed by atoms with E-state index in [4.69, 9.17) is 22.4 Å². The highest BCUT2D eigenvalue weighted by Gasteiger charge is 2.25. The van der Waals surface area contributed by atoms with Crippen molar-refractivity contribution in [2.75, 3.05) is 0 Å². The molecule has 0 amide bonds. The second-order valence-electron chi connectivity index (χ2n) is 2.97. The summed E-state index contributed by atoms with van der Waals surface area (Å²) in [6.45, 7) is 0. The highest BCUT2D eigenvalue weighted by molar-refractivity contribution is 6.31. The van der Waals surface area contributed by atoms with E-state index >= 15 is 0 Å². The Hall–Kier alpha value is -1.17. The van der Waals surface area contributed by atoms with Crippen LogP contribution in [0.3, 0.4) is 0 Å². The lowest BCUT2D eigenvalue weighted by molar-refractivity contribution is -0.141. The van der Waals surface area contributed by atoms with Crippen molar-refractivity contribution in [1.82, 2.24) is 0 Å². The first-order chi connectivity index (χ1) is 6.93. The molecular weight excluding hydrogens is 225 g/mol. The fourth-order valence-electron chi connectivity index (χ4n) is 1.07. The standard InChI is InChI=1S/C9H9ClFNO3/c10-6-3-4(11)1-2-5(6)8(13)7(12)9(14)15/h1-3,7-8,13H,12H2,(H,14,15). The molecule has 1 aromatic carbocycles. The van der Waals surface area contributed by atoms with Crippen LogP contribution in [0.25, 0.3) is 0 Å². The smallest absolute Gasteiger partial charge is 0.323 e. The van der Waals surface area contributed by atoms with Gasteiger partial charge in [0.1, 0.15) is 18.0 Å². The normalized spacial score (nSPS) is 14.7. The fourth-order valence-corrected chi connectivity index (χ4v) is 1.35. The molecule has 4 N–H and O–H groups in total. The van der Waals surface area contributed by atoms with Gasteiger partial charge in [-0.3, -0.25) is 4.79 Å². The number of carbonyl (C=O) groups is 1. The molecule has 0 aliphatic heterocycles. The van der Waals surface area contributed by atoms with Gasteiger partial charge in [-0.15, -0.1) is 0 Å². The van der Waals surface area contributed by atoms with Crippen molar-refractivity contribution in [2.24, 2.45) is 5.73 Å². The maximum absolute atomic E-state index is 12.7. The zero-order valence-electron chi connectivity index (χ0n) is 7.52. The van der Waals surface area contributed by atoms with Crippen LogP contribution in [0.4, 0.5) is 4.39 Å².